The Kier molecular flexibility index (Phi) is 4.94. The predicted molar refractivity (Wildman–Crippen MR) is 99.2 cm³/mol. The van der Waals surface area contributed by atoms with E-state index in [-0.39, 0.29) is 41.4 Å². The monoisotopic (exact) mass is 368 g/mol. The molecule has 2 heterocycles. The molecule has 0 spiro atoms. The van der Waals surface area contributed by atoms with Crippen molar-refractivity contribution in [3.63, 3.8) is 0 Å². The standard InChI is InChI=1S/C20H20N2O5/c1-5-26-20(25)16-13(4)27-18-17(16)19(24)22(10-21-18)9-15(23)14-7-6-11(2)8-12(14)3/h6-8,10H,5,9H2,1-4H3. The predicted octanol–water partition coefficient (Wildman–Crippen LogP) is 2.97. The highest BCUT2D eigenvalue weighted by Gasteiger charge is 2.24. The van der Waals surface area contributed by atoms with E-state index in [0.717, 1.165) is 11.1 Å². The number of esters is 1. The van der Waals surface area contributed by atoms with Gasteiger partial charge in [-0.3, -0.25) is 14.2 Å². The summed E-state index contributed by atoms with van der Waals surface area (Å²) in [6.07, 6.45) is 1.25. The topological polar surface area (TPSA) is 91.4 Å². The summed E-state index contributed by atoms with van der Waals surface area (Å²) in [6, 6.07) is 5.51. The van der Waals surface area contributed by atoms with Gasteiger partial charge in [0.2, 0.25) is 5.71 Å². The van der Waals surface area contributed by atoms with Crippen LogP contribution in [0.15, 0.2) is 33.7 Å². The quantitative estimate of drug-likeness (QED) is 0.508. The largest absolute Gasteiger partial charge is 0.462 e. The molecular weight excluding hydrogens is 348 g/mol. The molecule has 0 radical (unpaired) electrons. The van der Waals surface area contributed by atoms with Gasteiger partial charge in [0, 0.05) is 5.56 Å². The fourth-order valence-electron chi connectivity index (χ4n) is 3.07. The van der Waals surface area contributed by atoms with Crippen LogP contribution in [0.3, 0.4) is 0 Å². The van der Waals surface area contributed by atoms with E-state index in [2.05, 4.69) is 4.98 Å². The molecule has 0 aliphatic carbocycles. The summed E-state index contributed by atoms with van der Waals surface area (Å²) in [5, 5.41) is 0.0295. The van der Waals surface area contributed by atoms with Crippen LogP contribution in [0, 0.1) is 20.8 Å². The number of nitrogens with zero attached hydrogens (tertiary/aromatic N) is 2. The van der Waals surface area contributed by atoms with E-state index in [0.29, 0.717) is 5.56 Å². The van der Waals surface area contributed by atoms with E-state index >= 15 is 0 Å². The van der Waals surface area contributed by atoms with E-state index in [1.165, 1.54) is 10.9 Å². The first-order chi connectivity index (χ1) is 12.8. The van der Waals surface area contributed by atoms with Crippen LogP contribution in [-0.4, -0.2) is 27.9 Å². The van der Waals surface area contributed by atoms with Crippen LogP contribution in [0.2, 0.25) is 0 Å². The fourth-order valence-corrected chi connectivity index (χ4v) is 3.07. The molecule has 0 N–H and O–H groups in total. The van der Waals surface area contributed by atoms with Gasteiger partial charge in [-0.2, -0.15) is 0 Å². The minimum absolute atomic E-state index is 0.0295. The minimum Gasteiger partial charge on any atom is -0.462 e. The molecular formula is C20H20N2O5. The zero-order valence-electron chi connectivity index (χ0n) is 15.7. The lowest BCUT2D eigenvalue weighted by molar-refractivity contribution is 0.0526. The second-order valence-electron chi connectivity index (χ2n) is 6.35. The molecule has 0 aliphatic rings. The highest BCUT2D eigenvalue weighted by molar-refractivity contribution is 6.03. The van der Waals surface area contributed by atoms with E-state index < -0.39 is 11.5 Å². The van der Waals surface area contributed by atoms with Crippen LogP contribution in [-0.2, 0) is 11.3 Å². The third-order valence-electron chi connectivity index (χ3n) is 4.33. The third kappa shape index (κ3) is 3.40. The van der Waals surface area contributed by atoms with Gasteiger partial charge in [0.25, 0.3) is 5.56 Å². The summed E-state index contributed by atoms with van der Waals surface area (Å²) in [5.74, 6) is -0.605. The first-order valence-corrected chi connectivity index (χ1v) is 8.59. The summed E-state index contributed by atoms with van der Waals surface area (Å²) in [4.78, 5) is 41.8. The maximum atomic E-state index is 12.9. The Labute approximate surface area is 155 Å². The molecule has 7 heteroatoms. The Morgan fingerprint density at radius 2 is 1.96 bits per heavy atom. The van der Waals surface area contributed by atoms with Gasteiger partial charge in [-0.1, -0.05) is 23.8 Å². The number of ether oxygens (including phenoxy) is 1. The van der Waals surface area contributed by atoms with Gasteiger partial charge in [0.05, 0.1) is 13.2 Å². The molecule has 0 unspecified atom stereocenters. The van der Waals surface area contributed by atoms with E-state index in [1.54, 1.807) is 19.9 Å². The Morgan fingerprint density at radius 1 is 1.22 bits per heavy atom. The lowest BCUT2D eigenvalue weighted by Crippen LogP contribution is -2.26. The number of rotatable bonds is 5. The summed E-state index contributed by atoms with van der Waals surface area (Å²) < 4.78 is 11.6. The summed E-state index contributed by atoms with van der Waals surface area (Å²) >= 11 is 0. The molecule has 0 amide bonds. The minimum atomic E-state index is -0.647. The zero-order valence-corrected chi connectivity index (χ0v) is 15.7. The average molecular weight is 368 g/mol. The van der Waals surface area contributed by atoms with Gasteiger partial charge in [-0.25, -0.2) is 9.78 Å². The molecule has 140 valence electrons. The normalized spacial score (nSPS) is 11.0. The Morgan fingerprint density at radius 3 is 2.63 bits per heavy atom. The smallest absolute Gasteiger partial charge is 0.342 e. The molecule has 0 atom stereocenters. The third-order valence-corrected chi connectivity index (χ3v) is 4.33. The highest BCUT2D eigenvalue weighted by Crippen LogP contribution is 2.22. The fraction of sp³-hybridized carbons (Fsp3) is 0.300. The second-order valence-corrected chi connectivity index (χ2v) is 6.35. The van der Waals surface area contributed by atoms with Crippen molar-refractivity contribution in [3.8, 4) is 0 Å². The number of carbonyl (C=O) groups is 2. The van der Waals surface area contributed by atoms with Crippen LogP contribution in [0.4, 0.5) is 0 Å². The SMILES string of the molecule is CCOC(=O)c1c(C)oc2ncn(CC(=O)c3ccc(C)cc3C)c(=O)c12. The lowest BCUT2D eigenvalue weighted by atomic mass is 10.0. The Hall–Kier alpha value is -3.22. The average Bonchev–Trinajstić information content (AvgIpc) is 2.94. The Bertz CT molecular complexity index is 1110. The summed E-state index contributed by atoms with van der Waals surface area (Å²) in [6.45, 7) is 7.03. The number of aryl methyl sites for hydroxylation is 3. The number of Topliss-reactive ketones (excluding diaryl/α,β-unsaturated/α-hetero) is 1. The number of aromatic nitrogens is 2. The van der Waals surface area contributed by atoms with Gasteiger partial charge in [-0.05, 0) is 33.3 Å². The van der Waals surface area contributed by atoms with Crippen molar-refractivity contribution in [1.29, 1.82) is 0 Å². The molecule has 0 bridgehead atoms. The van der Waals surface area contributed by atoms with Crippen LogP contribution < -0.4 is 5.56 Å². The van der Waals surface area contributed by atoms with E-state index in [1.807, 2.05) is 26.0 Å². The van der Waals surface area contributed by atoms with Crippen molar-refractivity contribution in [2.45, 2.75) is 34.2 Å². The van der Waals surface area contributed by atoms with Crippen molar-refractivity contribution in [1.82, 2.24) is 9.55 Å². The second kappa shape index (κ2) is 7.19. The Balaban J connectivity index is 2.04. The van der Waals surface area contributed by atoms with Gasteiger partial charge in [-0.15, -0.1) is 0 Å². The molecule has 3 aromatic rings. The molecule has 27 heavy (non-hydrogen) atoms. The van der Waals surface area contributed by atoms with Gasteiger partial charge in [0.1, 0.15) is 23.0 Å². The number of hydrogen-bond donors (Lipinski definition) is 0. The zero-order chi connectivity index (χ0) is 19.7. The van der Waals surface area contributed by atoms with Crippen LogP contribution in [0.5, 0.6) is 0 Å². The number of fused-ring (bicyclic) bond motifs is 1. The molecule has 2 aromatic heterocycles. The highest BCUT2D eigenvalue weighted by atomic mass is 16.5. The molecule has 0 aliphatic heterocycles. The van der Waals surface area contributed by atoms with Crippen molar-refractivity contribution >= 4 is 22.9 Å². The van der Waals surface area contributed by atoms with E-state index in [4.69, 9.17) is 9.15 Å². The van der Waals surface area contributed by atoms with Crippen molar-refractivity contribution in [3.05, 3.63) is 62.9 Å². The molecule has 0 saturated heterocycles. The number of hydrogen-bond acceptors (Lipinski definition) is 6. The molecule has 7 nitrogen and oxygen atoms in total. The van der Waals surface area contributed by atoms with Gasteiger partial charge < -0.3 is 9.15 Å². The van der Waals surface area contributed by atoms with Crippen LogP contribution in [0.1, 0.15) is 44.5 Å². The maximum Gasteiger partial charge on any atom is 0.342 e. The molecule has 0 fully saturated rings. The number of benzene rings is 1. The van der Waals surface area contributed by atoms with Gasteiger partial charge >= 0.3 is 5.97 Å². The number of furan rings is 1. The maximum absolute atomic E-state index is 12.9. The first-order valence-electron chi connectivity index (χ1n) is 8.59. The molecule has 0 saturated carbocycles. The summed E-state index contributed by atoms with van der Waals surface area (Å²) in [5.41, 5.74) is 2.03. The van der Waals surface area contributed by atoms with Crippen LogP contribution in [0.25, 0.3) is 11.1 Å². The van der Waals surface area contributed by atoms with Crippen molar-refractivity contribution < 1.29 is 18.7 Å². The number of ketones is 1. The van der Waals surface area contributed by atoms with Gasteiger partial charge in [0.15, 0.2) is 5.78 Å². The number of carbonyl (C=O) groups excluding carboxylic acids is 2. The van der Waals surface area contributed by atoms with E-state index in [9.17, 15) is 14.4 Å². The molecule has 3 rings (SSSR count). The van der Waals surface area contributed by atoms with Crippen molar-refractivity contribution in [2.75, 3.05) is 6.61 Å². The summed E-state index contributed by atoms with van der Waals surface area (Å²) in [7, 11) is 0. The first kappa shape index (κ1) is 18.6. The lowest BCUT2D eigenvalue weighted by Gasteiger charge is -2.08. The molecule has 1 aromatic carbocycles. The van der Waals surface area contributed by atoms with Crippen LogP contribution >= 0.6 is 0 Å². The van der Waals surface area contributed by atoms with Crippen molar-refractivity contribution in [2.24, 2.45) is 0 Å².